The Morgan fingerprint density at radius 3 is 2.30 bits per heavy atom. The third-order valence-electron chi connectivity index (χ3n) is 3.16. The van der Waals surface area contributed by atoms with Crippen LogP contribution in [0.4, 0.5) is 0 Å². The molecule has 20 heavy (non-hydrogen) atoms. The molecule has 1 aliphatic rings. The number of rotatable bonds is 2. The van der Waals surface area contributed by atoms with Crippen LogP contribution in [0.1, 0.15) is 10.4 Å². The van der Waals surface area contributed by atoms with Gasteiger partial charge in [-0.3, -0.25) is 4.79 Å². The second-order valence-corrected chi connectivity index (χ2v) is 5.96. The number of benzene rings is 2. The minimum absolute atomic E-state index is 0.0372. The number of carbonyl (C=O) groups is 1. The van der Waals surface area contributed by atoms with Gasteiger partial charge in [-0.2, -0.15) is 0 Å². The van der Waals surface area contributed by atoms with Gasteiger partial charge in [0.05, 0.1) is 12.7 Å². The molecule has 5 nitrogen and oxygen atoms in total. The first-order valence-electron chi connectivity index (χ1n) is 5.87. The van der Waals surface area contributed by atoms with Crippen LogP contribution in [0, 0.1) is 0 Å². The molecule has 2 aromatic carbocycles. The van der Waals surface area contributed by atoms with Gasteiger partial charge in [0.15, 0.2) is 0 Å². The fourth-order valence-electron chi connectivity index (χ4n) is 2.23. The number of amides is 1. The Morgan fingerprint density at radius 2 is 1.65 bits per heavy atom. The van der Waals surface area contributed by atoms with Gasteiger partial charge in [-0.15, -0.1) is 0 Å². The number of sulfonamides is 1. The maximum Gasteiger partial charge on any atom is 0.266 e. The number of fused-ring (bicyclic) bond motifs is 1. The molecule has 1 amide bonds. The van der Waals surface area contributed by atoms with Crippen molar-refractivity contribution in [3.05, 3.63) is 48.0 Å². The molecule has 1 heterocycles. The smallest absolute Gasteiger partial charge is 0.266 e. The van der Waals surface area contributed by atoms with E-state index in [0.717, 1.165) is 0 Å². The minimum Gasteiger partial charge on any atom is -0.497 e. The topological polar surface area (TPSA) is 72.5 Å². The Labute approximate surface area is 116 Å². The quantitative estimate of drug-likeness (QED) is 0.915. The molecule has 0 aromatic heterocycles. The zero-order valence-electron chi connectivity index (χ0n) is 10.6. The third kappa shape index (κ3) is 1.85. The fraction of sp³-hybridized carbons (Fsp3) is 0.0714. The number of hydrogen-bond donors (Lipinski definition) is 1. The van der Waals surface area contributed by atoms with Crippen molar-refractivity contribution in [2.75, 3.05) is 7.11 Å². The zero-order valence-corrected chi connectivity index (χ0v) is 11.4. The van der Waals surface area contributed by atoms with Crippen LogP contribution in [-0.4, -0.2) is 21.4 Å². The van der Waals surface area contributed by atoms with Gasteiger partial charge >= 0.3 is 0 Å². The van der Waals surface area contributed by atoms with Gasteiger partial charge in [-0.1, -0.05) is 24.3 Å². The predicted molar refractivity (Wildman–Crippen MR) is 73.1 cm³/mol. The summed E-state index contributed by atoms with van der Waals surface area (Å²) >= 11 is 0. The summed E-state index contributed by atoms with van der Waals surface area (Å²) in [4.78, 5) is 11.7. The van der Waals surface area contributed by atoms with E-state index >= 15 is 0 Å². The Hall–Kier alpha value is -2.34. The van der Waals surface area contributed by atoms with E-state index in [1.165, 1.54) is 6.07 Å². The van der Waals surface area contributed by atoms with E-state index in [1.54, 1.807) is 43.5 Å². The van der Waals surface area contributed by atoms with Gasteiger partial charge < -0.3 is 4.74 Å². The monoisotopic (exact) mass is 289 g/mol. The number of methoxy groups -OCH3 is 1. The number of carbonyl (C=O) groups excluding carboxylic acids is 1. The zero-order chi connectivity index (χ0) is 14.3. The molecule has 0 spiro atoms. The van der Waals surface area contributed by atoms with Crippen LogP contribution in [0.5, 0.6) is 5.75 Å². The van der Waals surface area contributed by atoms with Crippen molar-refractivity contribution in [1.82, 2.24) is 4.72 Å². The van der Waals surface area contributed by atoms with Gasteiger partial charge in [0.1, 0.15) is 10.6 Å². The van der Waals surface area contributed by atoms with Gasteiger partial charge in [-0.05, 0) is 23.8 Å². The lowest BCUT2D eigenvalue weighted by atomic mass is 10.0. The van der Waals surface area contributed by atoms with Crippen LogP contribution in [0.15, 0.2) is 47.4 Å². The molecular formula is C14H11NO4S. The van der Waals surface area contributed by atoms with Crippen molar-refractivity contribution in [2.45, 2.75) is 4.90 Å². The standard InChI is InChI=1S/C14H11NO4S/c1-19-10-7-5-9(6-8-10)11-3-2-4-12-13(11)20(17,18)15-14(12)16/h2-8H,1H3,(H,15,16). The first kappa shape index (κ1) is 12.7. The van der Waals surface area contributed by atoms with Gasteiger partial charge in [-0.25, -0.2) is 13.1 Å². The van der Waals surface area contributed by atoms with Crippen LogP contribution in [0.25, 0.3) is 11.1 Å². The Balaban J connectivity index is 2.23. The molecule has 6 heteroatoms. The second kappa shape index (κ2) is 4.35. The fourth-order valence-corrected chi connectivity index (χ4v) is 3.61. The highest BCUT2D eigenvalue weighted by atomic mass is 32.2. The molecule has 0 atom stereocenters. The highest BCUT2D eigenvalue weighted by molar-refractivity contribution is 7.90. The Bertz CT molecular complexity index is 794. The summed E-state index contributed by atoms with van der Waals surface area (Å²) in [6, 6.07) is 11.8. The molecule has 0 aliphatic carbocycles. The summed E-state index contributed by atoms with van der Waals surface area (Å²) in [5, 5.41) is 0. The first-order valence-corrected chi connectivity index (χ1v) is 7.36. The van der Waals surface area contributed by atoms with Gasteiger partial charge in [0.2, 0.25) is 0 Å². The molecule has 0 saturated heterocycles. The van der Waals surface area contributed by atoms with E-state index in [9.17, 15) is 13.2 Å². The van der Waals surface area contributed by atoms with Crippen LogP contribution < -0.4 is 9.46 Å². The third-order valence-corrected chi connectivity index (χ3v) is 4.59. The molecule has 0 bridgehead atoms. The highest BCUT2D eigenvalue weighted by Crippen LogP contribution is 2.34. The molecule has 1 N–H and O–H groups in total. The molecule has 0 unspecified atom stereocenters. The maximum absolute atomic E-state index is 12.0. The van der Waals surface area contributed by atoms with E-state index in [4.69, 9.17) is 4.74 Å². The molecule has 0 fully saturated rings. The lowest BCUT2D eigenvalue weighted by Gasteiger charge is -2.07. The summed E-state index contributed by atoms with van der Waals surface area (Å²) in [6.07, 6.45) is 0. The lowest BCUT2D eigenvalue weighted by molar-refractivity contribution is 0.0985. The first-order chi connectivity index (χ1) is 9.53. The summed E-state index contributed by atoms with van der Waals surface area (Å²) in [6.45, 7) is 0. The Kier molecular flexibility index (Phi) is 2.76. The number of hydrogen-bond acceptors (Lipinski definition) is 4. The summed E-state index contributed by atoms with van der Waals surface area (Å²) in [5.74, 6) is 0.0914. The van der Waals surface area contributed by atoms with Crippen molar-refractivity contribution in [3.63, 3.8) is 0 Å². The Morgan fingerprint density at radius 1 is 1.00 bits per heavy atom. The van der Waals surface area contributed by atoms with Crippen LogP contribution in [0.3, 0.4) is 0 Å². The predicted octanol–water partition coefficient (Wildman–Crippen LogP) is 1.79. The number of nitrogens with one attached hydrogen (secondary N) is 1. The summed E-state index contributed by atoms with van der Waals surface area (Å²) < 4.78 is 31.1. The van der Waals surface area contributed by atoms with Crippen LogP contribution >= 0.6 is 0 Å². The van der Waals surface area contributed by atoms with Crippen molar-refractivity contribution < 1.29 is 17.9 Å². The molecular weight excluding hydrogens is 278 g/mol. The van der Waals surface area contributed by atoms with E-state index < -0.39 is 15.9 Å². The largest absolute Gasteiger partial charge is 0.497 e. The summed E-state index contributed by atoms with van der Waals surface area (Å²) in [5.41, 5.74) is 1.39. The molecule has 3 rings (SSSR count). The van der Waals surface area contributed by atoms with Gasteiger partial charge in [0, 0.05) is 5.56 Å². The number of ether oxygens (including phenoxy) is 1. The van der Waals surface area contributed by atoms with Crippen molar-refractivity contribution in [2.24, 2.45) is 0 Å². The second-order valence-electron chi connectivity index (χ2n) is 4.35. The van der Waals surface area contributed by atoms with Crippen molar-refractivity contribution in [1.29, 1.82) is 0 Å². The van der Waals surface area contributed by atoms with E-state index in [1.807, 2.05) is 4.72 Å². The molecule has 0 saturated carbocycles. The van der Waals surface area contributed by atoms with E-state index in [2.05, 4.69) is 0 Å². The lowest BCUT2D eigenvalue weighted by Crippen LogP contribution is -2.20. The van der Waals surface area contributed by atoms with Gasteiger partial charge in [0.25, 0.3) is 15.9 Å². The van der Waals surface area contributed by atoms with Crippen molar-refractivity contribution in [3.8, 4) is 16.9 Å². The average Bonchev–Trinajstić information content (AvgIpc) is 2.69. The van der Waals surface area contributed by atoms with Crippen LogP contribution in [-0.2, 0) is 10.0 Å². The van der Waals surface area contributed by atoms with Crippen LogP contribution in [0.2, 0.25) is 0 Å². The minimum atomic E-state index is -3.78. The van der Waals surface area contributed by atoms with Crippen molar-refractivity contribution >= 4 is 15.9 Å². The molecule has 1 aliphatic heterocycles. The maximum atomic E-state index is 12.0. The summed E-state index contributed by atoms with van der Waals surface area (Å²) in [7, 11) is -2.22. The highest BCUT2D eigenvalue weighted by Gasteiger charge is 2.34. The van der Waals surface area contributed by atoms with E-state index in [-0.39, 0.29) is 10.5 Å². The molecule has 0 radical (unpaired) electrons. The normalized spacial score (nSPS) is 15.6. The molecule has 2 aromatic rings. The SMILES string of the molecule is COc1ccc(-c2cccc3c2S(=O)(=O)NC3=O)cc1. The molecule has 102 valence electrons. The van der Waals surface area contributed by atoms with E-state index in [0.29, 0.717) is 16.9 Å². The average molecular weight is 289 g/mol.